The Hall–Kier alpha value is -1.56. The highest BCUT2D eigenvalue weighted by Gasteiger charge is 2.38. The van der Waals surface area contributed by atoms with Crippen molar-refractivity contribution in [2.45, 2.75) is 39.3 Å². The van der Waals surface area contributed by atoms with Crippen molar-refractivity contribution >= 4 is 11.6 Å². The van der Waals surface area contributed by atoms with Crippen LogP contribution >= 0.6 is 0 Å². The lowest BCUT2D eigenvalue weighted by molar-refractivity contribution is -0.167. The lowest BCUT2D eigenvalue weighted by atomic mass is 9.78. The number of rotatable bonds is 7. The standard InChI is InChI=1S/C18H27F3N2O/c1-6-16(13(3)12(2)11-23(4)5)14-8-7-9-15(10-14)22-17(24)18(19,20)21/h7-10,12-13,16H,6,11H2,1-5H3,(H,22,24)/t12?,13-,16?/m0/s1. The van der Waals surface area contributed by atoms with Gasteiger partial charge in [0.25, 0.3) is 0 Å². The average Bonchev–Trinajstić information content (AvgIpc) is 2.46. The molecule has 136 valence electrons. The SMILES string of the molecule is CCC(c1cccc(NC(=O)C(F)(F)F)c1)[C@@H](C)C(C)CN(C)C. The van der Waals surface area contributed by atoms with Crippen LogP contribution < -0.4 is 5.32 Å². The normalized spacial score (nSPS) is 15.9. The van der Waals surface area contributed by atoms with Crippen LogP contribution in [0.15, 0.2) is 24.3 Å². The van der Waals surface area contributed by atoms with E-state index in [4.69, 9.17) is 0 Å². The van der Waals surface area contributed by atoms with Gasteiger partial charge in [0.15, 0.2) is 0 Å². The quantitative estimate of drug-likeness (QED) is 0.789. The van der Waals surface area contributed by atoms with Crippen molar-refractivity contribution in [2.24, 2.45) is 11.8 Å². The van der Waals surface area contributed by atoms with Crippen molar-refractivity contribution < 1.29 is 18.0 Å². The molecule has 1 rings (SSSR count). The molecule has 0 heterocycles. The molecular formula is C18H27F3N2O. The number of nitrogens with one attached hydrogen (secondary N) is 1. The number of nitrogens with zero attached hydrogens (tertiary/aromatic N) is 1. The van der Waals surface area contributed by atoms with Crippen LogP contribution in [0, 0.1) is 11.8 Å². The highest BCUT2D eigenvalue weighted by atomic mass is 19.4. The molecule has 0 aromatic heterocycles. The van der Waals surface area contributed by atoms with E-state index in [2.05, 4.69) is 25.7 Å². The number of hydrogen-bond acceptors (Lipinski definition) is 2. The lowest BCUT2D eigenvalue weighted by Crippen LogP contribution is -2.30. The summed E-state index contributed by atoms with van der Waals surface area (Å²) in [4.78, 5) is 13.2. The number of alkyl halides is 3. The van der Waals surface area contributed by atoms with E-state index < -0.39 is 12.1 Å². The molecule has 0 aliphatic heterocycles. The first-order chi connectivity index (χ1) is 11.1. The zero-order valence-electron chi connectivity index (χ0n) is 14.9. The largest absolute Gasteiger partial charge is 0.471 e. The molecule has 2 unspecified atom stereocenters. The van der Waals surface area contributed by atoms with Gasteiger partial charge in [-0.2, -0.15) is 13.2 Å². The second-order valence-corrected chi connectivity index (χ2v) is 6.69. The minimum atomic E-state index is -4.88. The third-order valence-electron chi connectivity index (χ3n) is 4.46. The van der Waals surface area contributed by atoms with E-state index >= 15 is 0 Å². The number of hydrogen-bond donors (Lipinski definition) is 1. The molecule has 3 atom stereocenters. The molecule has 6 heteroatoms. The number of carbonyl (C=O) groups excluding carboxylic acids is 1. The number of anilines is 1. The predicted octanol–water partition coefficient (Wildman–Crippen LogP) is 4.51. The van der Waals surface area contributed by atoms with Crippen LogP contribution in [0.25, 0.3) is 0 Å². The molecule has 1 amide bonds. The molecular weight excluding hydrogens is 317 g/mol. The van der Waals surface area contributed by atoms with Gasteiger partial charge in [0, 0.05) is 12.2 Å². The Morgan fingerprint density at radius 2 is 1.88 bits per heavy atom. The van der Waals surface area contributed by atoms with Crippen LogP contribution in [0.4, 0.5) is 18.9 Å². The molecule has 1 aromatic carbocycles. The summed E-state index contributed by atoms with van der Waals surface area (Å²) < 4.78 is 37.2. The van der Waals surface area contributed by atoms with E-state index in [-0.39, 0.29) is 11.6 Å². The van der Waals surface area contributed by atoms with Gasteiger partial charge < -0.3 is 10.2 Å². The van der Waals surface area contributed by atoms with Crippen molar-refractivity contribution in [3.8, 4) is 0 Å². The fourth-order valence-corrected chi connectivity index (χ4v) is 3.10. The zero-order chi connectivity index (χ0) is 18.5. The molecule has 0 aliphatic rings. The van der Waals surface area contributed by atoms with E-state index in [0.717, 1.165) is 18.5 Å². The molecule has 0 bridgehead atoms. The smallest absolute Gasteiger partial charge is 0.318 e. The Morgan fingerprint density at radius 3 is 2.38 bits per heavy atom. The fourth-order valence-electron chi connectivity index (χ4n) is 3.10. The maximum atomic E-state index is 12.4. The first kappa shape index (κ1) is 20.5. The summed E-state index contributed by atoms with van der Waals surface area (Å²) in [6, 6.07) is 6.73. The molecule has 1 aromatic rings. The van der Waals surface area contributed by atoms with Crippen LogP contribution in [-0.4, -0.2) is 37.6 Å². The van der Waals surface area contributed by atoms with Crippen LogP contribution in [0.2, 0.25) is 0 Å². The number of halogens is 3. The van der Waals surface area contributed by atoms with E-state index in [0.29, 0.717) is 11.8 Å². The van der Waals surface area contributed by atoms with Crippen molar-refractivity contribution in [1.82, 2.24) is 4.90 Å². The predicted molar refractivity (Wildman–Crippen MR) is 91.0 cm³/mol. The molecule has 0 spiro atoms. The first-order valence-corrected chi connectivity index (χ1v) is 8.19. The maximum absolute atomic E-state index is 12.4. The number of benzene rings is 1. The molecule has 0 fully saturated rings. The van der Waals surface area contributed by atoms with Crippen LogP contribution in [0.5, 0.6) is 0 Å². The maximum Gasteiger partial charge on any atom is 0.471 e. The van der Waals surface area contributed by atoms with E-state index in [1.807, 2.05) is 25.5 Å². The second kappa shape index (κ2) is 8.51. The summed E-state index contributed by atoms with van der Waals surface area (Å²) in [6.45, 7) is 7.37. The van der Waals surface area contributed by atoms with Gasteiger partial charge in [0.05, 0.1) is 0 Å². The van der Waals surface area contributed by atoms with Gasteiger partial charge in [0.1, 0.15) is 0 Å². The van der Waals surface area contributed by atoms with Crippen LogP contribution in [0.3, 0.4) is 0 Å². The summed E-state index contributed by atoms with van der Waals surface area (Å²) in [7, 11) is 4.05. The molecule has 3 nitrogen and oxygen atoms in total. The zero-order valence-corrected chi connectivity index (χ0v) is 14.9. The fraction of sp³-hybridized carbons (Fsp3) is 0.611. The van der Waals surface area contributed by atoms with Gasteiger partial charge in [0.2, 0.25) is 0 Å². The molecule has 0 saturated carbocycles. The summed E-state index contributed by atoms with van der Waals surface area (Å²) in [6.07, 6.45) is -4.00. The number of amides is 1. The van der Waals surface area contributed by atoms with E-state index in [1.165, 1.54) is 6.07 Å². The molecule has 0 radical (unpaired) electrons. The highest BCUT2D eigenvalue weighted by molar-refractivity contribution is 5.94. The molecule has 0 aliphatic carbocycles. The Bertz CT molecular complexity index is 543. The van der Waals surface area contributed by atoms with Gasteiger partial charge in [-0.15, -0.1) is 0 Å². The van der Waals surface area contributed by atoms with Crippen molar-refractivity contribution in [3.05, 3.63) is 29.8 Å². The Labute approximate surface area is 142 Å². The Balaban J connectivity index is 2.94. The Kier molecular flexibility index (Phi) is 7.27. The van der Waals surface area contributed by atoms with Crippen molar-refractivity contribution in [1.29, 1.82) is 0 Å². The van der Waals surface area contributed by atoms with Crippen LogP contribution in [-0.2, 0) is 4.79 Å². The first-order valence-electron chi connectivity index (χ1n) is 8.19. The summed E-state index contributed by atoms with van der Waals surface area (Å²) in [5, 5.41) is 1.93. The number of carbonyl (C=O) groups is 1. The van der Waals surface area contributed by atoms with Gasteiger partial charge >= 0.3 is 12.1 Å². The van der Waals surface area contributed by atoms with Gasteiger partial charge in [-0.05, 0) is 56.0 Å². The topological polar surface area (TPSA) is 32.3 Å². The molecule has 24 heavy (non-hydrogen) atoms. The van der Waals surface area contributed by atoms with Gasteiger partial charge in [-0.3, -0.25) is 4.79 Å². The third-order valence-corrected chi connectivity index (χ3v) is 4.46. The molecule has 0 saturated heterocycles. The minimum absolute atomic E-state index is 0.181. The van der Waals surface area contributed by atoms with Crippen molar-refractivity contribution in [2.75, 3.05) is 26.0 Å². The second-order valence-electron chi connectivity index (χ2n) is 6.69. The third kappa shape index (κ3) is 5.82. The summed E-state index contributed by atoms with van der Waals surface area (Å²) in [5.74, 6) is -0.909. The highest BCUT2D eigenvalue weighted by Crippen LogP contribution is 2.34. The average molecular weight is 344 g/mol. The monoisotopic (exact) mass is 344 g/mol. The minimum Gasteiger partial charge on any atom is -0.318 e. The Morgan fingerprint density at radius 1 is 1.25 bits per heavy atom. The summed E-state index contributed by atoms with van der Waals surface area (Å²) >= 11 is 0. The van der Waals surface area contributed by atoms with Crippen molar-refractivity contribution in [3.63, 3.8) is 0 Å². The van der Waals surface area contributed by atoms with Gasteiger partial charge in [-0.1, -0.05) is 32.9 Å². The molecule has 1 N–H and O–H groups in total. The van der Waals surface area contributed by atoms with E-state index in [9.17, 15) is 18.0 Å². The lowest BCUT2D eigenvalue weighted by Gasteiger charge is -2.30. The van der Waals surface area contributed by atoms with E-state index in [1.54, 1.807) is 12.1 Å². The van der Waals surface area contributed by atoms with Gasteiger partial charge in [-0.25, -0.2) is 0 Å². The summed E-state index contributed by atoms with van der Waals surface area (Å²) in [5.41, 5.74) is 1.14. The van der Waals surface area contributed by atoms with Crippen LogP contribution in [0.1, 0.15) is 38.7 Å².